The summed E-state index contributed by atoms with van der Waals surface area (Å²) in [5, 5.41) is 2.69. The van der Waals surface area contributed by atoms with Crippen molar-refractivity contribution in [1.29, 1.82) is 0 Å². The van der Waals surface area contributed by atoms with Crippen LogP contribution >= 0.6 is 0 Å². The molecule has 0 spiro atoms. The summed E-state index contributed by atoms with van der Waals surface area (Å²) in [6.07, 6.45) is 2.97. The largest absolute Gasteiger partial charge is 0.466 e. The molecule has 0 heterocycles. The number of benzene rings is 1. The van der Waals surface area contributed by atoms with Crippen LogP contribution in [0.1, 0.15) is 12.5 Å². The summed E-state index contributed by atoms with van der Waals surface area (Å²) in [6, 6.07) is 7.07. The number of carbonyl (C=O) groups is 2. The van der Waals surface area contributed by atoms with Gasteiger partial charge in [-0.1, -0.05) is 18.7 Å². The molecule has 0 saturated heterocycles. The fraction of sp³-hybridized carbons (Fsp3) is 0.143. The van der Waals surface area contributed by atoms with E-state index >= 15 is 0 Å². The van der Waals surface area contributed by atoms with Crippen LogP contribution in [0.5, 0.6) is 0 Å². The molecule has 0 aliphatic heterocycles. The topological polar surface area (TPSA) is 55.4 Å². The van der Waals surface area contributed by atoms with Crippen LogP contribution < -0.4 is 5.32 Å². The third-order valence-electron chi connectivity index (χ3n) is 2.17. The Labute approximate surface area is 106 Å². The van der Waals surface area contributed by atoms with Gasteiger partial charge in [0.25, 0.3) is 5.91 Å². The third-order valence-corrected chi connectivity index (χ3v) is 2.17. The highest BCUT2D eigenvalue weighted by Gasteiger charge is 2.01. The highest BCUT2D eigenvalue weighted by Crippen LogP contribution is 2.11. The van der Waals surface area contributed by atoms with Crippen molar-refractivity contribution in [2.45, 2.75) is 6.92 Å². The molecule has 1 rings (SSSR count). The molecule has 18 heavy (non-hydrogen) atoms. The van der Waals surface area contributed by atoms with Crippen LogP contribution in [0.4, 0.5) is 5.69 Å². The van der Waals surface area contributed by atoms with Crippen molar-refractivity contribution in [1.82, 2.24) is 0 Å². The number of methoxy groups -OCH3 is 1. The molecule has 0 unspecified atom stereocenters. The van der Waals surface area contributed by atoms with E-state index in [2.05, 4.69) is 16.6 Å². The second-order valence-electron chi connectivity index (χ2n) is 3.71. The number of hydrogen-bond donors (Lipinski definition) is 1. The van der Waals surface area contributed by atoms with E-state index < -0.39 is 5.97 Å². The minimum Gasteiger partial charge on any atom is -0.466 e. The smallest absolute Gasteiger partial charge is 0.330 e. The van der Waals surface area contributed by atoms with Crippen LogP contribution in [0, 0.1) is 0 Å². The van der Waals surface area contributed by atoms with E-state index in [4.69, 9.17) is 0 Å². The zero-order valence-electron chi connectivity index (χ0n) is 10.4. The number of hydrogen-bond acceptors (Lipinski definition) is 3. The molecule has 1 aromatic carbocycles. The fourth-order valence-corrected chi connectivity index (χ4v) is 1.15. The molecule has 1 amide bonds. The molecule has 0 fully saturated rings. The molecule has 94 valence electrons. The molecule has 0 aliphatic rings. The fourth-order valence-electron chi connectivity index (χ4n) is 1.15. The Morgan fingerprint density at radius 1 is 1.28 bits per heavy atom. The Kier molecular flexibility index (Phi) is 4.87. The van der Waals surface area contributed by atoms with E-state index in [0.717, 1.165) is 5.56 Å². The average molecular weight is 245 g/mol. The van der Waals surface area contributed by atoms with Crippen molar-refractivity contribution in [3.8, 4) is 0 Å². The van der Waals surface area contributed by atoms with Crippen molar-refractivity contribution >= 4 is 23.6 Å². The van der Waals surface area contributed by atoms with Crippen LogP contribution in [-0.2, 0) is 14.3 Å². The Morgan fingerprint density at radius 2 is 1.89 bits per heavy atom. The minimum absolute atomic E-state index is 0.215. The number of ether oxygens (including phenoxy) is 1. The maximum atomic E-state index is 11.4. The van der Waals surface area contributed by atoms with Gasteiger partial charge in [-0.3, -0.25) is 4.79 Å². The monoisotopic (exact) mass is 245 g/mol. The van der Waals surface area contributed by atoms with Crippen molar-refractivity contribution in [2.75, 3.05) is 12.4 Å². The summed E-state index contributed by atoms with van der Waals surface area (Å²) >= 11 is 0. The maximum absolute atomic E-state index is 11.4. The molecule has 0 aromatic heterocycles. The summed E-state index contributed by atoms with van der Waals surface area (Å²) < 4.78 is 4.48. The van der Waals surface area contributed by atoms with Crippen molar-refractivity contribution in [2.24, 2.45) is 0 Å². The Morgan fingerprint density at radius 3 is 2.39 bits per heavy atom. The molecule has 0 atom stereocenters. The molecule has 4 nitrogen and oxygen atoms in total. The van der Waals surface area contributed by atoms with E-state index in [1.165, 1.54) is 13.2 Å². The van der Waals surface area contributed by atoms with Crippen LogP contribution in [0.25, 0.3) is 6.08 Å². The van der Waals surface area contributed by atoms with Crippen molar-refractivity contribution < 1.29 is 14.3 Å². The molecule has 0 aliphatic carbocycles. The van der Waals surface area contributed by atoms with Gasteiger partial charge in [-0.15, -0.1) is 0 Å². The summed E-state index contributed by atoms with van der Waals surface area (Å²) in [5.74, 6) is -0.623. The lowest BCUT2D eigenvalue weighted by atomic mass is 10.2. The maximum Gasteiger partial charge on any atom is 0.330 e. The van der Waals surface area contributed by atoms with Gasteiger partial charge >= 0.3 is 5.97 Å². The number of carbonyl (C=O) groups excluding carboxylic acids is 2. The van der Waals surface area contributed by atoms with E-state index in [9.17, 15) is 9.59 Å². The van der Waals surface area contributed by atoms with Gasteiger partial charge < -0.3 is 10.1 Å². The number of rotatable bonds is 4. The lowest BCUT2D eigenvalue weighted by molar-refractivity contribution is -0.134. The van der Waals surface area contributed by atoms with Gasteiger partial charge in [0.15, 0.2) is 0 Å². The first-order valence-electron chi connectivity index (χ1n) is 5.36. The highest BCUT2D eigenvalue weighted by molar-refractivity contribution is 6.02. The van der Waals surface area contributed by atoms with Crippen LogP contribution in [0.15, 0.2) is 42.5 Å². The molecule has 1 aromatic rings. The van der Waals surface area contributed by atoms with Gasteiger partial charge in [0.1, 0.15) is 0 Å². The molecular formula is C14H15NO3. The minimum atomic E-state index is -0.408. The lowest BCUT2D eigenvalue weighted by Gasteiger charge is -2.04. The Balaban J connectivity index is 2.68. The summed E-state index contributed by atoms with van der Waals surface area (Å²) in [6.45, 7) is 5.19. The Bertz CT molecular complexity index is 486. The predicted octanol–water partition coefficient (Wildman–Crippen LogP) is 2.39. The predicted molar refractivity (Wildman–Crippen MR) is 70.9 cm³/mol. The average Bonchev–Trinajstić information content (AvgIpc) is 2.37. The summed E-state index contributed by atoms with van der Waals surface area (Å²) in [5.41, 5.74) is 1.97. The van der Waals surface area contributed by atoms with Gasteiger partial charge in [-0.25, -0.2) is 4.79 Å². The molecule has 1 N–H and O–H groups in total. The van der Waals surface area contributed by atoms with Crippen LogP contribution in [0.2, 0.25) is 0 Å². The highest BCUT2D eigenvalue weighted by atomic mass is 16.5. The second-order valence-corrected chi connectivity index (χ2v) is 3.71. The van der Waals surface area contributed by atoms with Gasteiger partial charge in [-0.2, -0.15) is 0 Å². The standard InChI is InChI=1S/C14H15NO3/c1-10(2)14(17)15-12-7-4-11(5-8-12)6-9-13(16)18-3/h4-9H,1H2,2-3H3,(H,15,17)/b9-6+. The molecular weight excluding hydrogens is 230 g/mol. The summed E-state index contributed by atoms with van der Waals surface area (Å²) in [4.78, 5) is 22.3. The Hall–Kier alpha value is -2.36. The lowest BCUT2D eigenvalue weighted by Crippen LogP contribution is -2.11. The normalized spacial score (nSPS) is 10.1. The van der Waals surface area contributed by atoms with E-state index in [-0.39, 0.29) is 5.91 Å². The van der Waals surface area contributed by atoms with Crippen LogP contribution in [-0.4, -0.2) is 19.0 Å². The van der Waals surface area contributed by atoms with Gasteiger partial charge in [-0.05, 0) is 30.7 Å². The van der Waals surface area contributed by atoms with E-state index in [1.54, 1.807) is 37.3 Å². The summed E-state index contributed by atoms with van der Waals surface area (Å²) in [7, 11) is 1.32. The number of esters is 1. The zero-order valence-corrected chi connectivity index (χ0v) is 10.4. The second kappa shape index (κ2) is 6.39. The number of anilines is 1. The SMILES string of the molecule is C=C(C)C(=O)Nc1ccc(/C=C/C(=O)OC)cc1. The molecule has 4 heteroatoms. The first kappa shape index (κ1) is 13.7. The van der Waals surface area contributed by atoms with Gasteiger partial charge in [0.05, 0.1) is 7.11 Å². The van der Waals surface area contributed by atoms with E-state index in [1.807, 2.05) is 0 Å². The van der Waals surface area contributed by atoms with Crippen molar-refractivity contribution in [3.05, 3.63) is 48.1 Å². The van der Waals surface area contributed by atoms with Gasteiger partial charge in [0.2, 0.25) is 0 Å². The number of amides is 1. The van der Waals surface area contributed by atoms with Crippen molar-refractivity contribution in [3.63, 3.8) is 0 Å². The van der Waals surface area contributed by atoms with E-state index in [0.29, 0.717) is 11.3 Å². The third kappa shape index (κ3) is 4.25. The van der Waals surface area contributed by atoms with Crippen LogP contribution in [0.3, 0.4) is 0 Å². The molecule has 0 saturated carbocycles. The first-order valence-corrected chi connectivity index (χ1v) is 5.36. The zero-order chi connectivity index (χ0) is 13.5. The quantitative estimate of drug-likeness (QED) is 0.654. The van der Waals surface area contributed by atoms with Gasteiger partial charge in [0, 0.05) is 17.3 Å². The molecule has 0 bridgehead atoms. The first-order chi connectivity index (χ1) is 8.52. The number of nitrogens with one attached hydrogen (secondary N) is 1. The molecule has 0 radical (unpaired) electrons.